The molecule has 0 aliphatic carbocycles. The number of rotatable bonds is 4. The van der Waals surface area contributed by atoms with Crippen molar-refractivity contribution in [2.24, 2.45) is 0 Å². The molecule has 0 radical (unpaired) electrons. The number of carbonyl (C=O) groups is 1. The molecule has 0 atom stereocenters. The summed E-state index contributed by atoms with van der Waals surface area (Å²) in [4.78, 5) is 15.9. The average Bonchev–Trinajstić information content (AvgIpc) is 2.54. The Morgan fingerprint density at radius 3 is 2.77 bits per heavy atom. The number of aromatic carboxylic acids is 1. The van der Waals surface area contributed by atoms with Crippen LogP contribution in [0.25, 0.3) is 17.0 Å². The summed E-state index contributed by atoms with van der Waals surface area (Å²) in [6.07, 6.45) is 3.13. The molecule has 22 heavy (non-hydrogen) atoms. The Hall–Kier alpha value is -3.14. The van der Waals surface area contributed by atoms with Gasteiger partial charge in [0.25, 0.3) is 0 Å². The summed E-state index contributed by atoms with van der Waals surface area (Å²) in [5.74, 6) is -0.294. The van der Waals surface area contributed by atoms with E-state index in [1.807, 2.05) is 18.2 Å². The molecule has 4 nitrogen and oxygen atoms in total. The summed E-state index contributed by atoms with van der Waals surface area (Å²) in [7, 11) is 0. The van der Waals surface area contributed by atoms with Crippen LogP contribution in [0, 0.1) is 0 Å². The maximum absolute atomic E-state index is 11.6. The van der Waals surface area contributed by atoms with E-state index in [4.69, 9.17) is 4.74 Å². The largest absolute Gasteiger partial charge is 0.478 e. The van der Waals surface area contributed by atoms with Crippen LogP contribution < -0.4 is 4.74 Å². The summed E-state index contributed by atoms with van der Waals surface area (Å²) >= 11 is 0. The predicted molar refractivity (Wildman–Crippen MR) is 85.3 cm³/mol. The minimum absolute atomic E-state index is 0.106. The summed E-state index contributed by atoms with van der Waals surface area (Å²) in [6, 6.07) is 14.3. The van der Waals surface area contributed by atoms with Gasteiger partial charge in [0.2, 0.25) is 0 Å². The Labute approximate surface area is 127 Å². The number of carboxylic acid groups (broad SMARTS) is 1. The van der Waals surface area contributed by atoms with Crippen molar-refractivity contribution in [2.45, 2.75) is 0 Å². The molecule has 0 aliphatic heterocycles. The SMILES string of the molecule is C=Cc1cccc(Oc2cnc3ccccc3c2C(=O)O)c1. The van der Waals surface area contributed by atoms with Gasteiger partial charge in [0.05, 0.1) is 11.7 Å². The Bertz CT molecular complexity index is 871. The van der Waals surface area contributed by atoms with Crippen LogP contribution in [0.15, 0.2) is 61.3 Å². The molecule has 4 heteroatoms. The zero-order chi connectivity index (χ0) is 15.5. The fourth-order valence-corrected chi connectivity index (χ4v) is 2.25. The lowest BCUT2D eigenvalue weighted by Crippen LogP contribution is -2.02. The third kappa shape index (κ3) is 2.54. The molecular weight excluding hydrogens is 278 g/mol. The first-order valence-corrected chi connectivity index (χ1v) is 6.70. The van der Waals surface area contributed by atoms with Crippen LogP contribution in [0.2, 0.25) is 0 Å². The second-order valence-electron chi connectivity index (χ2n) is 4.70. The first-order chi connectivity index (χ1) is 10.7. The molecular formula is C18H13NO3. The van der Waals surface area contributed by atoms with Crippen LogP contribution in [0.4, 0.5) is 0 Å². The molecule has 1 heterocycles. The molecule has 0 amide bonds. The number of para-hydroxylation sites is 1. The molecule has 0 unspecified atom stereocenters. The highest BCUT2D eigenvalue weighted by molar-refractivity contribution is 6.04. The van der Waals surface area contributed by atoms with E-state index in [-0.39, 0.29) is 11.3 Å². The highest BCUT2D eigenvalue weighted by atomic mass is 16.5. The van der Waals surface area contributed by atoms with Crippen molar-refractivity contribution in [1.82, 2.24) is 4.98 Å². The van der Waals surface area contributed by atoms with Gasteiger partial charge in [-0.1, -0.05) is 43.0 Å². The van der Waals surface area contributed by atoms with Crippen molar-refractivity contribution in [2.75, 3.05) is 0 Å². The van der Waals surface area contributed by atoms with Gasteiger partial charge in [-0.05, 0) is 23.8 Å². The molecule has 3 aromatic rings. The van der Waals surface area contributed by atoms with Gasteiger partial charge in [-0.3, -0.25) is 4.98 Å². The van der Waals surface area contributed by atoms with Crippen molar-refractivity contribution in [3.8, 4) is 11.5 Å². The molecule has 108 valence electrons. The molecule has 0 saturated carbocycles. The lowest BCUT2D eigenvalue weighted by atomic mass is 10.1. The molecule has 2 aromatic carbocycles. The number of hydrogen-bond acceptors (Lipinski definition) is 3. The standard InChI is InChI=1S/C18H13NO3/c1-2-12-6-5-7-13(10-12)22-16-11-19-15-9-4-3-8-14(15)17(16)18(20)21/h2-11H,1H2,(H,20,21). The van der Waals surface area contributed by atoms with Gasteiger partial charge in [-0.25, -0.2) is 4.79 Å². The molecule has 0 fully saturated rings. The van der Waals surface area contributed by atoms with E-state index < -0.39 is 5.97 Å². The fourth-order valence-electron chi connectivity index (χ4n) is 2.25. The van der Waals surface area contributed by atoms with Gasteiger partial charge in [0, 0.05) is 5.39 Å². The van der Waals surface area contributed by atoms with E-state index in [1.165, 1.54) is 6.20 Å². The Kier molecular flexibility index (Phi) is 3.58. The number of ether oxygens (including phenoxy) is 1. The number of nitrogens with zero attached hydrogens (tertiary/aromatic N) is 1. The van der Waals surface area contributed by atoms with Gasteiger partial charge in [-0.15, -0.1) is 0 Å². The van der Waals surface area contributed by atoms with Crippen LogP contribution in [-0.4, -0.2) is 16.1 Å². The maximum Gasteiger partial charge on any atom is 0.340 e. The normalized spacial score (nSPS) is 10.4. The highest BCUT2D eigenvalue weighted by Gasteiger charge is 2.17. The van der Waals surface area contributed by atoms with Crippen molar-refractivity contribution < 1.29 is 14.6 Å². The smallest absolute Gasteiger partial charge is 0.340 e. The number of hydrogen-bond donors (Lipinski definition) is 1. The second kappa shape index (κ2) is 5.69. The third-order valence-electron chi connectivity index (χ3n) is 3.28. The van der Waals surface area contributed by atoms with E-state index in [2.05, 4.69) is 11.6 Å². The zero-order valence-corrected chi connectivity index (χ0v) is 11.7. The van der Waals surface area contributed by atoms with E-state index in [9.17, 15) is 9.90 Å². The van der Waals surface area contributed by atoms with Crippen LogP contribution in [-0.2, 0) is 0 Å². The molecule has 1 aromatic heterocycles. The first-order valence-electron chi connectivity index (χ1n) is 6.70. The van der Waals surface area contributed by atoms with Crippen LogP contribution in [0.3, 0.4) is 0 Å². The molecule has 0 bridgehead atoms. The lowest BCUT2D eigenvalue weighted by Gasteiger charge is -2.11. The highest BCUT2D eigenvalue weighted by Crippen LogP contribution is 2.30. The predicted octanol–water partition coefficient (Wildman–Crippen LogP) is 4.37. The quantitative estimate of drug-likeness (QED) is 0.775. The van der Waals surface area contributed by atoms with Crippen LogP contribution in [0.1, 0.15) is 15.9 Å². The van der Waals surface area contributed by atoms with Crippen molar-refractivity contribution in [3.05, 3.63) is 72.4 Å². The van der Waals surface area contributed by atoms with Crippen molar-refractivity contribution in [1.29, 1.82) is 0 Å². The molecule has 1 N–H and O–H groups in total. The summed E-state index contributed by atoms with van der Waals surface area (Å²) in [5, 5.41) is 10.1. The number of pyridine rings is 1. The maximum atomic E-state index is 11.6. The Morgan fingerprint density at radius 2 is 2.00 bits per heavy atom. The van der Waals surface area contributed by atoms with Gasteiger partial charge in [0.1, 0.15) is 11.3 Å². The zero-order valence-electron chi connectivity index (χ0n) is 11.7. The first kappa shape index (κ1) is 13.8. The molecule has 0 saturated heterocycles. The van der Waals surface area contributed by atoms with Crippen LogP contribution >= 0.6 is 0 Å². The average molecular weight is 291 g/mol. The molecule has 0 spiro atoms. The lowest BCUT2D eigenvalue weighted by molar-refractivity contribution is 0.0696. The van der Waals surface area contributed by atoms with Gasteiger partial charge >= 0.3 is 5.97 Å². The fraction of sp³-hybridized carbons (Fsp3) is 0. The van der Waals surface area contributed by atoms with Crippen molar-refractivity contribution >= 4 is 22.9 Å². The number of benzene rings is 2. The van der Waals surface area contributed by atoms with Crippen molar-refractivity contribution in [3.63, 3.8) is 0 Å². The second-order valence-corrected chi connectivity index (χ2v) is 4.70. The minimum atomic E-state index is -1.05. The van der Waals surface area contributed by atoms with E-state index in [0.717, 1.165) is 5.56 Å². The van der Waals surface area contributed by atoms with Gasteiger partial charge < -0.3 is 9.84 Å². The minimum Gasteiger partial charge on any atom is -0.478 e. The summed E-state index contributed by atoms with van der Waals surface area (Å²) in [5.41, 5.74) is 1.62. The van der Waals surface area contributed by atoms with Crippen LogP contribution in [0.5, 0.6) is 11.5 Å². The monoisotopic (exact) mass is 291 g/mol. The number of carboxylic acids is 1. The van der Waals surface area contributed by atoms with E-state index in [1.54, 1.807) is 36.4 Å². The number of fused-ring (bicyclic) bond motifs is 1. The number of aromatic nitrogens is 1. The van der Waals surface area contributed by atoms with E-state index in [0.29, 0.717) is 16.7 Å². The topological polar surface area (TPSA) is 59.4 Å². The summed E-state index contributed by atoms with van der Waals surface area (Å²) in [6.45, 7) is 3.70. The third-order valence-corrected chi connectivity index (χ3v) is 3.28. The Morgan fingerprint density at radius 1 is 1.18 bits per heavy atom. The Balaban J connectivity index is 2.12. The van der Waals surface area contributed by atoms with Gasteiger partial charge in [-0.2, -0.15) is 0 Å². The molecule has 3 rings (SSSR count). The van der Waals surface area contributed by atoms with E-state index >= 15 is 0 Å². The van der Waals surface area contributed by atoms with Gasteiger partial charge in [0.15, 0.2) is 5.75 Å². The summed E-state index contributed by atoms with van der Waals surface area (Å²) < 4.78 is 5.73. The molecule has 0 aliphatic rings.